The van der Waals surface area contributed by atoms with Crippen molar-refractivity contribution in [3.05, 3.63) is 29.8 Å². The Hall–Kier alpha value is -1.16. The van der Waals surface area contributed by atoms with E-state index < -0.39 is 0 Å². The highest BCUT2D eigenvalue weighted by molar-refractivity contribution is 8.14. The summed E-state index contributed by atoms with van der Waals surface area (Å²) in [6, 6.07) is 8.18. The van der Waals surface area contributed by atoms with Gasteiger partial charge in [-0.25, -0.2) is 0 Å². The van der Waals surface area contributed by atoms with E-state index >= 15 is 0 Å². The number of thioether (sulfide) groups is 1. The molecule has 1 aromatic carbocycles. The van der Waals surface area contributed by atoms with Crippen molar-refractivity contribution >= 4 is 16.9 Å². The molecule has 1 unspecified atom stereocenters. The van der Waals surface area contributed by atoms with Gasteiger partial charge in [0.05, 0.1) is 13.2 Å². The smallest absolute Gasteiger partial charge is 0.154 e. The van der Waals surface area contributed by atoms with Crippen LogP contribution in [0.4, 0.5) is 0 Å². The normalized spacial score (nSPS) is 20.6. The van der Waals surface area contributed by atoms with Crippen LogP contribution >= 0.6 is 11.8 Å². The third kappa shape index (κ3) is 1.85. The van der Waals surface area contributed by atoms with Gasteiger partial charge in [0.25, 0.3) is 0 Å². The molecule has 0 fully saturated rings. The molecule has 1 aromatic rings. The van der Waals surface area contributed by atoms with E-state index in [1.54, 1.807) is 18.9 Å². The summed E-state index contributed by atoms with van der Waals surface area (Å²) < 4.78 is 5.09. The van der Waals surface area contributed by atoms with Crippen LogP contribution in [0, 0.1) is 0 Å². The summed E-state index contributed by atoms with van der Waals surface area (Å²) in [7, 11) is 1.66. The maximum Gasteiger partial charge on any atom is 0.154 e. The standard InChI is InChI=1S/C10H12N2OS/c1-13-8-4-2-7(3-5-8)9-6-14-10(11)12-9/h2-5,9H,6H2,1H3,(H2,11,12). The maximum absolute atomic E-state index is 5.61. The van der Waals surface area contributed by atoms with Gasteiger partial charge in [-0.2, -0.15) is 0 Å². The van der Waals surface area contributed by atoms with Gasteiger partial charge in [0.2, 0.25) is 0 Å². The Morgan fingerprint density at radius 1 is 1.43 bits per heavy atom. The number of hydrogen-bond donors (Lipinski definition) is 1. The Balaban J connectivity index is 2.17. The Labute approximate surface area is 87.4 Å². The molecule has 1 aliphatic heterocycles. The van der Waals surface area contributed by atoms with Crippen LogP contribution in [0.25, 0.3) is 0 Å². The van der Waals surface area contributed by atoms with Crippen LogP contribution in [-0.4, -0.2) is 18.0 Å². The molecule has 14 heavy (non-hydrogen) atoms. The molecular weight excluding hydrogens is 196 g/mol. The van der Waals surface area contributed by atoms with E-state index in [1.165, 1.54) is 5.56 Å². The van der Waals surface area contributed by atoms with Crippen molar-refractivity contribution in [2.24, 2.45) is 10.7 Å². The number of aliphatic imine (C=N–C) groups is 1. The first-order valence-corrected chi connectivity index (χ1v) is 5.38. The lowest BCUT2D eigenvalue weighted by Crippen LogP contribution is -2.01. The lowest BCUT2D eigenvalue weighted by Gasteiger charge is -2.06. The van der Waals surface area contributed by atoms with Crippen LogP contribution in [0.5, 0.6) is 5.75 Å². The molecular formula is C10H12N2OS. The summed E-state index contributed by atoms with van der Waals surface area (Å²) in [5.74, 6) is 1.81. The number of nitrogens with zero attached hydrogens (tertiary/aromatic N) is 1. The first kappa shape index (κ1) is 9.40. The van der Waals surface area contributed by atoms with Crippen molar-refractivity contribution in [3.63, 3.8) is 0 Å². The molecule has 1 heterocycles. The highest BCUT2D eigenvalue weighted by Crippen LogP contribution is 2.29. The monoisotopic (exact) mass is 208 g/mol. The predicted octanol–water partition coefficient (Wildman–Crippen LogP) is 1.80. The fourth-order valence-electron chi connectivity index (χ4n) is 1.39. The summed E-state index contributed by atoms with van der Waals surface area (Å²) in [6.45, 7) is 0. The van der Waals surface area contributed by atoms with E-state index in [9.17, 15) is 0 Å². The van der Waals surface area contributed by atoms with E-state index in [0.717, 1.165) is 11.5 Å². The SMILES string of the molecule is COc1ccc(C2CSC(N)=N2)cc1. The Morgan fingerprint density at radius 2 is 2.14 bits per heavy atom. The maximum atomic E-state index is 5.61. The predicted molar refractivity (Wildman–Crippen MR) is 59.8 cm³/mol. The summed E-state index contributed by atoms with van der Waals surface area (Å²) in [6.07, 6.45) is 0. The minimum Gasteiger partial charge on any atom is -0.497 e. The summed E-state index contributed by atoms with van der Waals surface area (Å²) in [4.78, 5) is 4.33. The number of methoxy groups -OCH3 is 1. The van der Waals surface area contributed by atoms with E-state index in [4.69, 9.17) is 10.5 Å². The van der Waals surface area contributed by atoms with Gasteiger partial charge in [0.1, 0.15) is 5.75 Å². The summed E-state index contributed by atoms with van der Waals surface area (Å²) in [5, 5.41) is 0.686. The second-order valence-corrected chi connectivity index (χ2v) is 4.11. The Kier molecular flexibility index (Phi) is 2.63. The molecule has 0 spiro atoms. The topological polar surface area (TPSA) is 47.6 Å². The van der Waals surface area contributed by atoms with E-state index in [2.05, 4.69) is 4.99 Å². The van der Waals surface area contributed by atoms with Crippen LogP contribution in [0.1, 0.15) is 11.6 Å². The molecule has 3 nitrogen and oxygen atoms in total. The minimum atomic E-state index is 0.214. The second-order valence-electron chi connectivity index (χ2n) is 3.07. The molecule has 0 saturated carbocycles. The number of hydrogen-bond acceptors (Lipinski definition) is 4. The van der Waals surface area contributed by atoms with Crippen LogP contribution in [0.2, 0.25) is 0 Å². The van der Waals surface area contributed by atoms with Crippen molar-refractivity contribution in [1.82, 2.24) is 0 Å². The van der Waals surface area contributed by atoms with Crippen LogP contribution in [0.15, 0.2) is 29.3 Å². The average Bonchev–Trinajstić information content (AvgIpc) is 2.65. The third-order valence-corrected chi connectivity index (χ3v) is 3.06. The third-order valence-electron chi connectivity index (χ3n) is 2.17. The zero-order valence-electron chi connectivity index (χ0n) is 7.93. The molecule has 2 N–H and O–H groups in total. The lowest BCUT2D eigenvalue weighted by molar-refractivity contribution is 0.414. The van der Waals surface area contributed by atoms with Gasteiger partial charge in [0, 0.05) is 5.75 Å². The number of rotatable bonds is 2. The van der Waals surface area contributed by atoms with Gasteiger partial charge < -0.3 is 10.5 Å². The highest BCUT2D eigenvalue weighted by atomic mass is 32.2. The summed E-state index contributed by atoms with van der Waals surface area (Å²) >= 11 is 1.61. The van der Waals surface area contributed by atoms with Crippen molar-refractivity contribution in [2.75, 3.05) is 12.9 Å². The first-order chi connectivity index (χ1) is 6.79. The molecule has 1 atom stereocenters. The van der Waals surface area contributed by atoms with Gasteiger partial charge in [0.15, 0.2) is 5.17 Å². The molecule has 0 bridgehead atoms. The molecule has 4 heteroatoms. The molecule has 0 aromatic heterocycles. The Bertz CT molecular complexity index is 348. The van der Waals surface area contributed by atoms with E-state index in [0.29, 0.717) is 5.17 Å². The molecule has 1 aliphatic rings. The molecule has 74 valence electrons. The van der Waals surface area contributed by atoms with Crippen LogP contribution < -0.4 is 10.5 Å². The zero-order valence-corrected chi connectivity index (χ0v) is 8.75. The number of benzene rings is 1. The first-order valence-electron chi connectivity index (χ1n) is 4.39. The van der Waals surface area contributed by atoms with Crippen molar-refractivity contribution in [1.29, 1.82) is 0 Å². The van der Waals surface area contributed by atoms with Gasteiger partial charge in [-0.3, -0.25) is 4.99 Å². The quantitative estimate of drug-likeness (QED) is 0.806. The van der Waals surface area contributed by atoms with Crippen molar-refractivity contribution in [2.45, 2.75) is 6.04 Å². The lowest BCUT2D eigenvalue weighted by atomic mass is 10.1. The van der Waals surface area contributed by atoms with Crippen LogP contribution in [0.3, 0.4) is 0 Å². The Morgan fingerprint density at radius 3 is 2.64 bits per heavy atom. The van der Waals surface area contributed by atoms with Gasteiger partial charge in [-0.05, 0) is 17.7 Å². The zero-order chi connectivity index (χ0) is 9.97. The second kappa shape index (κ2) is 3.92. The summed E-state index contributed by atoms with van der Waals surface area (Å²) in [5.41, 5.74) is 6.80. The molecule has 2 rings (SSSR count). The fraction of sp³-hybridized carbons (Fsp3) is 0.300. The van der Waals surface area contributed by atoms with Crippen LogP contribution in [-0.2, 0) is 0 Å². The largest absolute Gasteiger partial charge is 0.497 e. The number of nitrogens with two attached hydrogens (primary N) is 1. The van der Waals surface area contributed by atoms with Crippen molar-refractivity contribution < 1.29 is 4.74 Å². The van der Waals surface area contributed by atoms with Crippen molar-refractivity contribution in [3.8, 4) is 5.75 Å². The van der Waals surface area contributed by atoms with Gasteiger partial charge in [-0.1, -0.05) is 23.9 Å². The number of amidine groups is 1. The fourth-order valence-corrected chi connectivity index (χ4v) is 2.19. The molecule has 0 radical (unpaired) electrons. The molecule has 0 amide bonds. The van der Waals surface area contributed by atoms with Gasteiger partial charge >= 0.3 is 0 Å². The minimum absolute atomic E-state index is 0.214. The average molecular weight is 208 g/mol. The van der Waals surface area contributed by atoms with E-state index in [-0.39, 0.29) is 6.04 Å². The number of ether oxygens (including phenoxy) is 1. The molecule has 0 saturated heterocycles. The van der Waals surface area contributed by atoms with Gasteiger partial charge in [-0.15, -0.1) is 0 Å². The molecule has 0 aliphatic carbocycles. The highest BCUT2D eigenvalue weighted by Gasteiger charge is 2.17. The van der Waals surface area contributed by atoms with E-state index in [1.807, 2.05) is 24.3 Å².